The van der Waals surface area contributed by atoms with Gasteiger partial charge < -0.3 is 10.1 Å². The number of aromatic nitrogens is 1. The summed E-state index contributed by atoms with van der Waals surface area (Å²) in [5, 5.41) is 5.65. The van der Waals surface area contributed by atoms with Crippen LogP contribution in [0.3, 0.4) is 0 Å². The van der Waals surface area contributed by atoms with Gasteiger partial charge in [0.15, 0.2) is 0 Å². The third kappa shape index (κ3) is 5.16. The Bertz CT molecular complexity index is 906. The van der Waals surface area contributed by atoms with Gasteiger partial charge in [0.1, 0.15) is 17.4 Å². The molecule has 3 aromatic rings. The maximum absolute atomic E-state index is 12.2. The molecule has 0 radical (unpaired) electrons. The van der Waals surface area contributed by atoms with E-state index in [-0.39, 0.29) is 12.3 Å². The lowest BCUT2D eigenvalue weighted by Crippen LogP contribution is -2.14. The number of benzene rings is 2. The molecule has 0 fully saturated rings. The van der Waals surface area contributed by atoms with Crippen LogP contribution in [0.25, 0.3) is 0 Å². The smallest absolute Gasteiger partial charge is 0.230 e. The second kappa shape index (κ2) is 8.47. The summed E-state index contributed by atoms with van der Waals surface area (Å²) in [6.45, 7) is 4.45. The van der Waals surface area contributed by atoms with Crippen molar-refractivity contribution < 1.29 is 9.53 Å². The van der Waals surface area contributed by atoms with E-state index in [1.807, 2.05) is 61.7 Å². The minimum atomic E-state index is -0.0861. The van der Waals surface area contributed by atoms with E-state index in [9.17, 15) is 4.79 Å². The average Bonchev–Trinajstić information content (AvgIpc) is 3.05. The Labute approximate surface area is 165 Å². The molecule has 0 saturated carbocycles. The SMILES string of the molecule is Cc1ccc(OCc2nc(CC(=O)Nc3ccc(C)c(Br)c3)cs2)cc1. The Hall–Kier alpha value is -2.18. The molecular formula is C20H19BrN2O2S. The molecule has 0 saturated heterocycles. The van der Waals surface area contributed by atoms with E-state index in [1.54, 1.807) is 0 Å². The average molecular weight is 431 g/mol. The Kier molecular flexibility index (Phi) is 6.06. The third-order valence-corrected chi connectivity index (χ3v) is 5.51. The first-order chi connectivity index (χ1) is 12.5. The number of halogens is 1. The summed E-state index contributed by atoms with van der Waals surface area (Å²) >= 11 is 4.97. The normalized spacial score (nSPS) is 10.6. The van der Waals surface area contributed by atoms with E-state index >= 15 is 0 Å². The lowest BCUT2D eigenvalue weighted by atomic mass is 10.2. The van der Waals surface area contributed by atoms with E-state index in [2.05, 4.69) is 26.2 Å². The number of carbonyl (C=O) groups excluding carboxylic acids is 1. The molecule has 0 atom stereocenters. The topological polar surface area (TPSA) is 51.2 Å². The number of rotatable bonds is 6. The number of thiazole rings is 1. The van der Waals surface area contributed by atoms with Crippen molar-refractivity contribution in [3.8, 4) is 5.75 Å². The molecule has 1 N–H and O–H groups in total. The van der Waals surface area contributed by atoms with Gasteiger partial charge in [-0.2, -0.15) is 0 Å². The predicted octanol–water partition coefficient (Wildman–Crippen LogP) is 5.28. The molecular weight excluding hydrogens is 412 g/mol. The highest BCUT2D eigenvalue weighted by Gasteiger charge is 2.09. The molecule has 1 heterocycles. The number of hydrogen-bond donors (Lipinski definition) is 1. The van der Waals surface area contributed by atoms with Crippen molar-refractivity contribution in [2.24, 2.45) is 0 Å². The van der Waals surface area contributed by atoms with Crippen LogP contribution in [0.2, 0.25) is 0 Å². The van der Waals surface area contributed by atoms with Crippen LogP contribution in [-0.4, -0.2) is 10.9 Å². The molecule has 0 spiro atoms. The van der Waals surface area contributed by atoms with Gasteiger partial charge in [0.25, 0.3) is 0 Å². The predicted molar refractivity (Wildman–Crippen MR) is 109 cm³/mol. The fraction of sp³-hybridized carbons (Fsp3) is 0.200. The Balaban J connectivity index is 1.53. The summed E-state index contributed by atoms with van der Waals surface area (Å²) in [7, 11) is 0. The summed E-state index contributed by atoms with van der Waals surface area (Å²) in [4.78, 5) is 16.7. The van der Waals surface area contributed by atoms with E-state index in [0.717, 1.165) is 32.2 Å². The maximum Gasteiger partial charge on any atom is 0.230 e. The summed E-state index contributed by atoms with van der Waals surface area (Å²) in [6, 6.07) is 13.7. The number of anilines is 1. The second-order valence-electron chi connectivity index (χ2n) is 6.02. The van der Waals surface area contributed by atoms with Crippen molar-refractivity contribution in [3.63, 3.8) is 0 Å². The minimum Gasteiger partial charge on any atom is -0.486 e. The van der Waals surface area contributed by atoms with E-state index in [4.69, 9.17) is 4.74 Å². The Morgan fingerprint density at radius 3 is 2.69 bits per heavy atom. The van der Waals surface area contributed by atoms with Crippen LogP contribution >= 0.6 is 27.3 Å². The zero-order chi connectivity index (χ0) is 18.5. The zero-order valence-corrected chi connectivity index (χ0v) is 17.0. The van der Waals surface area contributed by atoms with Crippen LogP contribution in [0.4, 0.5) is 5.69 Å². The van der Waals surface area contributed by atoms with Crippen molar-refractivity contribution in [1.29, 1.82) is 0 Å². The molecule has 0 aliphatic rings. The number of hydrogen-bond acceptors (Lipinski definition) is 4. The van der Waals surface area contributed by atoms with E-state index in [0.29, 0.717) is 6.61 Å². The first kappa shape index (κ1) is 18.6. The van der Waals surface area contributed by atoms with Crippen LogP contribution in [0.15, 0.2) is 52.3 Å². The molecule has 0 bridgehead atoms. The quantitative estimate of drug-likeness (QED) is 0.578. The van der Waals surface area contributed by atoms with E-state index < -0.39 is 0 Å². The highest BCUT2D eigenvalue weighted by molar-refractivity contribution is 9.10. The summed E-state index contributed by atoms with van der Waals surface area (Å²) < 4.78 is 6.70. The van der Waals surface area contributed by atoms with E-state index in [1.165, 1.54) is 16.9 Å². The van der Waals surface area contributed by atoms with Crippen LogP contribution in [-0.2, 0) is 17.8 Å². The lowest BCUT2D eigenvalue weighted by Gasteiger charge is -2.06. The molecule has 0 unspecified atom stereocenters. The van der Waals surface area contributed by atoms with Gasteiger partial charge in [-0.3, -0.25) is 4.79 Å². The van der Waals surface area contributed by atoms with Crippen molar-refractivity contribution in [2.45, 2.75) is 26.9 Å². The number of ether oxygens (including phenoxy) is 1. The fourth-order valence-corrected chi connectivity index (χ4v) is 3.40. The molecule has 6 heteroatoms. The minimum absolute atomic E-state index is 0.0861. The number of amides is 1. The molecule has 0 aliphatic heterocycles. The van der Waals surface area contributed by atoms with Gasteiger partial charge >= 0.3 is 0 Å². The van der Waals surface area contributed by atoms with Gasteiger partial charge in [-0.25, -0.2) is 4.98 Å². The number of nitrogens with zero attached hydrogens (tertiary/aromatic N) is 1. The van der Waals surface area contributed by atoms with Gasteiger partial charge in [0.05, 0.1) is 12.1 Å². The van der Waals surface area contributed by atoms with Gasteiger partial charge in [-0.15, -0.1) is 11.3 Å². The van der Waals surface area contributed by atoms with Crippen LogP contribution in [0.1, 0.15) is 21.8 Å². The molecule has 1 aromatic heterocycles. The largest absolute Gasteiger partial charge is 0.486 e. The zero-order valence-electron chi connectivity index (χ0n) is 14.6. The summed E-state index contributed by atoms with van der Waals surface area (Å²) in [5.74, 6) is 0.729. The molecule has 4 nitrogen and oxygen atoms in total. The van der Waals surface area contributed by atoms with Crippen LogP contribution in [0.5, 0.6) is 5.75 Å². The monoisotopic (exact) mass is 430 g/mol. The van der Waals surface area contributed by atoms with Crippen LogP contribution in [0, 0.1) is 13.8 Å². The molecule has 0 aliphatic carbocycles. The highest BCUT2D eigenvalue weighted by atomic mass is 79.9. The summed E-state index contributed by atoms with van der Waals surface area (Å²) in [5.41, 5.74) is 3.84. The molecule has 26 heavy (non-hydrogen) atoms. The molecule has 3 rings (SSSR count). The van der Waals surface area contributed by atoms with Crippen molar-refractivity contribution in [1.82, 2.24) is 4.98 Å². The van der Waals surface area contributed by atoms with Crippen molar-refractivity contribution >= 4 is 38.9 Å². The maximum atomic E-state index is 12.2. The van der Waals surface area contributed by atoms with Gasteiger partial charge in [0.2, 0.25) is 5.91 Å². The molecule has 1 amide bonds. The number of nitrogens with one attached hydrogen (secondary N) is 1. The summed E-state index contributed by atoms with van der Waals surface area (Å²) in [6.07, 6.45) is 0.243. The fourth-order valence-electron chi connectivity index (χ4n) is 2.32. The number of aryl methyl sites for hydroxylation is 2. The highest BCUT2D eigenvalue weighted by Crippen LogP contribution is 2.21. The standard InChI is InChI=1S/C20H19BrN2O2S/c1-13-3-7-17(8-4-13)25-11-20-23-16(12-26-20)10-19(24)22-15-6-5-14(2)18(21)9-15/h3-9,12H,10-11H2,1-2H3,(H,22,24). The van der Waals surface area contributed by atoms with Crippen molar-refractivity contribution in [3.05, 3.63) is 74.1 Å². The first-order valence-electron chi connectivity index (χ1n) is 8.18. The van der Waals surface area contributed by atoms with Gasteiger partial charge in [-0.05, 0) is 43.7 Å². The molecule has 2 aromatic carbocycles. The van der Waals surface area contributed by atoms with Crippen LogP contribution < -0.4 is 10.1 Å². The molecule has 134 valence electrons. The Morgan fingerprint density at radius 1 is 1.19 bits per heavy atom. The number of carbonyl (C=O) groups is 1. The second-order valence-corrected chi connectivity index (χ2v) is 7.82. The Morgan fingerprint density at radius 2 is 1.96 bits per heavy atom. The lowest BCUT2D eigenvalue weighted by molar-refractivity contribution is -0.115. The van der Waals surface area contributed by atoms with Gasteiger partial charge in [0, 0.05) is 15.5 Å². The first-order valence-corrected chi connectivity index (χ1v) is 9.85. The van der Waals surface area contributed by atoms with Crippen molar-refractivity contribution in [2.75, 3.05) is 5.32 Å². The third-order valence-electron chi connectivity index (χ3n) is 3.78. The van der Waals surface area contributed by atoms with Gasteiger partial charge in [-0.1, -0.05) is 39.7 Å².